The third kappa shape index (κ3) is 2.13. The molecule has 0 bridgehead atoms. The summed E-state index contributed by atoms with van der Waals surface area (Å²) in [6.45, 7) is 2.15. The fourth-order valence-corrected chi connectivity index (χ4v) is 3.60. The lowest BCUT2D eigenvalue weighted by atomic mass is 10.00. The van der Waals surface area contributed by atoms with E-state index >= 15 is 0 Å². The average molecular weight is 325 g/mol. The zero-order valence-electron chi connectivity index (χ0n) is 14.2. The van der Waals surface area contributed by atoms with Crippen LogP contribution in [0.1, 0.15) is 5.56 Å². The van der Waals surface area contributed by atoms with E-state index in [1.165, 1.54) is 27.6 Å². The van der Waals surface area contributed by atoms with Gasteiger partial charge in [0.2, 0.25) is 11.4 Å². The summed E-state index contributed by atoms with van der Waals surface area (Å²) < 4.78 is 8.15. The smallest absolute Gasteiger partial charge is 0.227 e. The summed E-state index contributed by atoms with van der Waals surface area (Å²) in [5.74, 6) is 0. The molecule has 120 valence electrons. The minimum Gasteiger partial charge on any atom is -0.438 e. The van der Waals surface area contributed by atoms with E-state index in [9.17, 15) is 0 Å². The van der Waals surface area contributed by atoms with Gasteiger partial charge >= 0.3 is 0 Å². The number of aryl methyl sites for hydroxylation is 2. The topological polar surface area (TPSA) is 29.9 Å². The Morgan fingerprint density at radius 1 is 0.920 bits per heavy atom. The highest BCUT2D eigenvalue weighted by atomic mass is 16.3. The molecule has 3 heterocycles. The molecule has 5 rings (SSSR count). The van der Waals surface area contributed by atoms with Crippen molar-refractivity contribution in [2.24, 2.45) is 7.05 Å². The van der Waals surface area contributed by atoms with Gasteiger partial charge in [0.05, 0.1) is 5.56 Å². The predicted octanol–water partition coefficient (Wildman–Crippen LogP) is 4.93. The second-order valence-electron chi connectivity index (χ2n) is 6.52. The van der Waals surface area contributed by atoms with Crippen molar-refractivity contribution in [3.8, 4) is 11.3 Å². The quantitative estimate of drug-likeness (QED) is 0.409. The standard InChI is InChI=1S/C22H17N2O/c1-14-10-19-17-8-5-9-23-22(17)25-21(19)12-18(14)20-11-15-6-3-4-7-16(15)13-24(20)2/h3-13H,1-2H3/q+1. The van der Waals surface area contributed by atoms with Crippen LogP contribution in [0.25, 0.3) is 44.1 Å². The fourth-order valence-electron chi connectivity index (χ4n) is 3.60. The first-order valence-electron chi connectivity index (χ1n) is 8.37. The van der Waals surface area contributed by atoms with Crippen LogP contribution >= 0.6 is 0 Å². The zero-order chi connectivity index (χ0) is 17.0. The first-order valence-corrected chi connectivity index (χ1v) is 8.37. The summed E-state index contributed by atoms with van der Waals surface area (Å²) in [6.07, 6.45) is 3.94. The summed E-state index contributed by atoms with van der Waals surface area (Å²) in [5.41, 5.74) is 5.15. The lowest BCUT2D eigenvalue weighted by Gasteiger charge is -2.06. The van der Waals surface area contributed by atoms with Gasteiger partial charge < -0.3 is 4.42 Å². The normalized spacial score (nSPS) is 11.6. The molecule has 3 heteroatoms. The highest BCUT2D eigenvalue weighted by Crippen LogP contribution is 2.33. The average Bonchev–Trinajstić information content (AvgIpc) is 2.98. The first kappa shape index (κ1) is 14.2. The van der Waals surface area contributed by atoms with E-state index in [1.54, 1.807) is 6.20 Å². The Hall–Kier alpha value is -3.20. The summed E-state index contributed by atoms with van der Waals surface area (Å²) in [5, 5.41) is 4.66. The van der Waals surface area contributed by atoms with E-state index in [0.717, 1.165) is 16.4 Å². The molecular formula is C22H17N2O+. The highest BCUT2D eigenvalue weighted by molar-refractivity contribution is 6.05. The molecule has 0 saturated heterocycles. The van der Waals surface area contributed by atoms with E-state index < -0.39 is 0 Å². The molecule has 0 saturated carbocycles. The highest BCUT2D eigenvalue weighted by Gasteiger charge is 2.17. The number of benzene rings is 2. The van der Waals surface area contributed by atoms with Crippen LogP contribution in [0.3, 0.4) is 0 Å². The molecule has 0 aliphatic heterocycles. The van der Waals surface area contributed by atoms with Crippen LogP contribution in [0.4, 0.5) is 0 Å². The maximum Gasteiger partial charge on any atom is 0.227 e. The van der Waals surface area contributed by atoms with Crippen molar-refractivity contribution in [2.75, 3.05) is 0 Å². The Labute approximate surface area is 145 Å². The largest absolute Gasteiger partial charge is 0.438 e. The van der Waals surface area contributed by atoms with Gasteiger partial charge in [-0.05, 0) is 48.2 Å². The van der Waals surface area contributed by atoms with Crippen LogP contribution in [0.5, 0.6) is 0 Å². The number of aromatic nitrogens is 2. The number of nitrogens with zero attached hydrogens (tertiary/aromatic N) is 2. The molecule has 5 aromatic rings. The van der Waals surface area contributed by atoms with E-state index in [1.807, 2.05) is 6.07 Å². The number of hydrogen-bond donors (Lipinski definition) is 0. The summed E-state index contributed by atoms with van der Waals surface area (Å²) in [4.78, 5) is 4.34. The summed E-state index contributed by atoms with van der Waals surface area (Å²) >= 11 is 0. The molecule has 0 radical (unpaired) electrons. The van der Waals surface area contributed by atoms with Gasteiger partial charge in [-0.2, -0.15) is 0 Å². The molecule has 0 atom stereocenters. The van der Waals surface area contributed by atoms with Crippen LogP contribution in [-0.2, 0) is 7.05 Å². The van der Waals surface area contributed by atoms with Gasteiger partial charge in [-0.25, -0.2) is 9.55 Å². The molecule has 3 aromatic heterocycles. The van der Waals surface area contributed by atoms with E-state index in [0.29, 0.717) is 5.71 Å². The molecular weight excluding hydrogens is 308 g/mol. The van der Waals surface area contributed by atoms with Crippen molar-refractivity contribution in [3.05, 3.63) is 72.6 Å². The second kappa shape index (κ2) is 5.15. The molecule has 0 fully saturated rings. The lowest BCUT2D eigenvalue weighted by Crippen LogP contribution is -2.30. The Kier molecular flexibility index (Phi) is 2.92. The van der Waals surface area contributed by atoms with E-state index in [2.05, 4.69) is 78.3 Å². The van der Waals surface area contributed by atoms with Crippen LogP contribution < -0.4 is 4.57 Å². The summed E-state index contributed by atoms with van der Waals surface area (Å²) in [6, 6.07) is 19.0. The Morgan fingerprint density at radius 3 is 2.64 bits per heavy atom. The second-order valence-corrected chi connectivity index (χ2v) is 6.52. The maximum absolute atomic E-state index is 5.98. The van der Waals surface area contributed by atoms with Crippen molar-refractivity contribution in [1.82, 2.24) is 4.98 Å². The Balaban J connectivity index is 1.81. The van der Waals surface area contributed by atoms with Gasteiger partial charge in [0.15, 0.2) is 6.20 Å². The van der Waals surface area contributed by atoms with Crippen molar-refractivity contribution >= 4 is 32.8 Å². The number of fused-ring (bicyclic) bond motifs is 4. The molecule has 0 unspecified atom stereocenters. The number of pyridine rings is 2. The third-order valence-electron chi connectivity index (χ3n) is 4.87. The zero-order valence-corrected chi connectivity index (χ0v) is 14.2. The molecule has 3 nitrogen and oxygen atoms in total. The van der Waals surface area contributed by atoms with Gasteiger partial charge in [-0.1, -0.05) is 18.2 Å². The van der Waals surface area contributed by atoms with Crippen molar-refractivity contribution in [1.29, 1.82) is 0 Å². The fraction of sp³-hybridized carbons (Fsp3) is 0.0909. The molecule has 0 aliphatic rings. The minimum atomic E-state index is 0.692. The molecule has 0 N–H and O–H groups in total. The molecule has 0 spiro atoms. The number of hydrogen-bond acceptors (Lipinski definition) is 2. The first-order chi connectivity index (χ1) is 12.2. The third-order valence-corrected chi connectivity index (χ3v) is 4.87. The van der Waals surface area contributed by atoms with Crippen LogP contribution in [0.15, 0.2) is 71.4 Å². The van der Waals surface area contributed by atoms with Crippen LogP contribution in [0.2, 0.25) is 0 Å². The van der Waals surface area contributed by atoms with Crippen LogP contribution in [0, 0.1) is 6.92 Å². The van der Waals surface area contributed by atoms with Gasteiger partial charge in [0.25, 0.3) is 0 Å². The number of rotatable bonds is 1. The van der Waals surface area contributed by atoms with Gasteiger partial charge in [0, 0.05) is 28.4 Å². The summed E-state index contributed by atoms with van der Waals surface area (Å²) in [7, 11) is 2.09. The van der Waals surface area contributed by atoms with E-state index in [-0.39, 0.29) is 0 Å². The monoisotopic (exact) mass is 325 g/mol. The van der Waals surface area contributed by atoms with Gasteiger partial charge in [-0.15, -0.1) is 0 Å². The van der Waals surface area contributed by atoms with Crippen LogP contribution in [-0.4, -0.2) is 4.98 Å². The van der Waals surface area contributed by atoms with Crippen molar-refractivity contribution < 1.29 is 8.98 Å². The molecule has 2 aromatic carbocycles. The Bertz CT molecular complexity index is 1270. The molecule has 0 aliphatic carbocycles. The molecule has 0 amide bonds. The predicted molar refractivity (Wildman–Crippen MR) is 100 cm³/mol. The van der Waals surface area contributed by atoms with Crippen molar-refractivity contribution in [3.63, 3.8) is 0 Å². The minimum absolute atomic E-state index is 0.692. The molecule has 25 heavy (non-hydrogen) atoms. The van der Waals surface area contributed by atoms with Gasteiger partial charge in [0.1, 0.15) is 12.6 Å². The van der Waals surface area contributed by atoms with E-state index in [4.69, 9.17) is 4.42 Å². The Morgan fingerprint density at radius 2 is 1.76 bits per heavy atom. The van der Waals surface area contributed by atoms with Crippen molar-refractivity contribution in [2.45, 2.75) is 6.92 Å². The van der Waals surface area contributed by atoms with Gasteiger partial charge in [-0.3, -0.25) is 0 Å². The SMILES string of the molecule is Cc1cc2c(cc1-c1cc3ccccc3c[n+]1C)oc1ncccc12. The number of furan rings is 1. The lowest BCUT2D eigenvalue weighted by molar-refractivity contribution is -0.659. The maximum atomic E-state index is 5.98.